The highest BCUT2D eigenvalue weighted by atomic mass is 16.5. The molecule has 25 heavy (non-hydrogen) atoms. The van der Waals surface area contributed by atoms with Gasteiger partial charge in [-0.15, -0.1) is 5.10 Å². The lowest BCUT2D eigenvalue weighted by atomic mass is 10.2. The van der Waals surface area contributed by atoms with Crippen molar-refractivity contribution in [2.75, 3.05) is 24.8 Å². The number of imidazole rings is 1. The van der Waals surface area contributed by atoms with Crippen LogP contribution in [0.5, 0.6) is 5.75 Å². The fourth-order valence-electron chi connectivity index (χ4n) is 2.12. The number of nitrogens with zero attached hydrogens (tertiary/aromatic N) is 3. The molecule has 128 valence electrons. The highest BCUT2D eigenvalue weighted by molar-refractivity contribution is 6.03. The Morgan fingerprint density at radius 1 is 1.04 bits per heavy atom. The molecule has 9 heteroatoms. The third-order valence-corrected chi connectivity index (χ3v) is 3.38. The molecule has 0 spiro atoms. The summed E-state index contributed by atoms with van der Waals surface area (Å²) in [6.45, 7) is 0. The van der Waals surface area contributed by atoms with Crippen LogP contribution in [0.2, 0.25) is 0 Å². The van der Waals surface area contributed by atoms with Crippen LogP contribution in [0.1, 0.15) is 10.4 Å². The van der Waals surface area contributed by atoms with E-state index in [-0.39, 0.29) is 11.9 Å². The van der Waals surface area contributed by atoms with E-state index in [0.29, 0.717) is 28.6 Å². The maximum absolute atomic E-state index is 12.3. The number of fused-ring (bicyclic) bond motifs is 1. The van der Waals surface area contributed by atoms with Gasteiger partial charge in [0.2, 0.25) is 0 Å². The van der Waals surface area contributed by atoms with Crippen molar-refractivity contribution in [3.8, 4) is 5.75 Å². The number of benzene rings is 1. The predicted molar refractivity (Wildman–Crippen MR) is 92.0 cm³/mol. The molecule has 3 aromatic rings. The van der Waals surface area contributed by atoms with Crippen LogP contribution in [0, 0.1) is 0 Å². The van der Waals surface area contributed by atoms with E-state index in [0.717, 1.165) is 0 Å². The maximum Gasteiger partial charge on any atom is 0.320 e. The first-order valence-electron chi connectivity index (χ1n) is 7.39. The van der Waals surface area contributed by atoms with E-state index in [9.17, 15) is 9.59 Å². The molecule has 2 heterocycles. The van der Waals surface area contributed by atoms with Crippen LogP contribution in [0.3, 0.4) is 0 Å². The average Bonchev–Trinajstić information content (AvgIpc) is 3.03. The minimum absolute atomic E-state index is 0.293. The van der Waals surface area contributed by atoms with E-state index in [2.05, 4.69) is 26.0 Å². The number of hydrogen-bond acceptors (Lipinski definition) is 5. The smallest absolute Gasteiger partial charge is 0.320 e. The summed E-state index contributed by atoms with van der Waals surface area (Å²) >= 11 is 0. The van der Waals surface area contributed by atoms with Crippen LogP contribution in [-0.2, 0) is 0 Å². The van der Waals surface area contributed by atoms with E-state index in [1.165, 1.54) is 11.6 Å². The molecule has 0 unspecified atom stereocenters. The highest BCUT2D eigenvalue weighted by Gasteiger charge is 2.10. The molecule has 0 aliphatic rings. The van der Waals surface area contributed by atoms with Gasteiger partial charge in [-0.1, -0.05) is 0 Å². The normalized spacial score (nSPS) is 10.3. The first-order chi connectivity index (χ1) is 12.1. The minimum atomic E-state index is -0.378. The Morgan fingerprint density at radius 2 is 1.80 bits per heavy atom. The number of urea groups is 1. The molecule has 0 aliphatic heterocycles. The molecule has 9 nitrogen and oxygen atoms in total. The van der Waals surface area contributed by atoms with E-state index in [1.54, 1.807) is 49.7 Å². The standard InChI is InChI=1S/C16H16N6O3/c1-17-16(24)20-13-9-22-14(18-13)8-7-12(21-22)19-15(23)10-3-5-11(25-2)6-4-10/h3-9H,1-2H3,(H2,17,20,24)(H,19,21,23). The molecule has 1 aromatic carbocycles. The van der Waals surface area contributed by atoms with Crippen molar-refractivity contribution in [1.29, 1.82) is 0 Å². The quantitative estimate of drug-likeness (QED) is 0.670. The Bertz CT molecular complexity index is 919. The number of carbonyl (C=O) groups is 2. The van der Waals surface area contributed by atoms with Crippen molar-refractivity contribution >= 4 is 29.2 Å². The van der Waals surface area contributed by atoms with E-state index < -0.39 is 0 Å². The van der Waals surface area contributed by atoms with Crippen LogP contribution in [0.4, 0.5) is 16.4 Å². The van der Waals surface area contributed by atoms with Gasteiger partial charge in [0.25, 0.3) is 5.91 Å². The summed E-state index contributed by atoms with van der Waals surface area (Å²) in [5.41, 5.74) is 1.02. The molecule has 3 rings (SSSR count). The summed E-state index contributed by atoms with van der Waals surface area (Å²) in [7, 11) is 3.07. The Morgan fingerprint density at radius 3 is 2.48 bits per heavy atom. The van der Waals surface area contributed by atoms with Crippen LogP contribution < -0.4 is 20.7 Å². The zero-order valence-corrected chi connectivity index (χ0v) is 13.6. The Labute approximate surface area is 143 Å². The highest BCUT2D eigenvalue weighted by Crippen LogP contribution is 2.14. The third-order valence-electron chi connectivity index (χ3n) is 3.38. The first-order valence-corrected chi connectivity index (χ1v) is 7.39. The molecule has 0 saturated heterocycles. The average molecular weight is 340 g/mol. The lowest BCUT2D eigenvalue weighted by Crippen LogP contribution is -2.24. The third kappa shape index (κ3) is 3.66. The van der Waals surface area contributed by atoms with Gasteiger partial charge in [-0.05, 0) is 36.4 Å². The summed E-state index contributed by atoms with van der Waals surface area (Å²) in [5.74, 6) is 1.09. The van der Waals surface area contributed by atoms with Gasteiger partial charge in [0.05, 0.1) is 13.3 Å². The first kappa shape index (κ1) is 16.2. The lowest BCUT2D eigenvalue weighted by Gasteiger charge is -2.05. The Hall–Kier alpha value is -3.62. The van der Waals surface area contributed by atoms with Gasteiger partial charge in [-0.3, -0.25) is 10.1 Å². The molecule has 0 bridgehead atoms. The number of carbonyl (C=O) groups excluding carboxylic acids is 2. The number of amides is 3. The molecule has 3 N–H and O–H groups in total. The second-order valence-corrected chi connectivity index (χ2v) is 5.03. The zero-order chi connectivity index (χ0) is 17.8. The molecular weight excluding hydrogens is 324 g/mol. The Kier molecular flexibility index (Phi) is 4.46. The summed E-state index contributed by atoms with van der Waals surface area (Å²) in [6.07, 6.45) is 1.55. The van der Waals surface area contributed by atoms with Crippen LogP contribution in [-0.4, -0.2) is 40.7 Å². The number of ether oxygens (including phenoxy) is 1. The molecule has 0 atom stereocenters. The van der Waals surface area contributed by atoms with E-state index in [4.69, 9.17) is 4.74 Å². The van der Waals surface area contributed by atoms with Gasteiger partial charge in [0.15, 0.2) is 17.3 Å². The van der Waals surface area contributed by atoms with Gasteiger partial charge in [0.1, 0.15) is 5.75 Å². The van der Waals surface area contributed by atoms with Crippen LogP contribution in [0.15, 0.2) is 42.6 Å². The molecule has 0 radical (unpaired) electrons. The van der Waals surface area contributed by atoms with Crippen molar-refractivity contribution in [2.24, 2.45) is 0 Å². The number of nitrogens with one attached hydrogen (secondary N) is 3. The Balaban J connectivity index is 1.76. The number of methoxy groups -OCH3 is 1. The fraction of sp³-hybridized carbons (Fsp3) is 0.125. The largest absolute Gasteiger partial charge is 0.497 e. The molecular formula is C16H16N6O3. The summed E-state index contributed by atoms with van der Waals surface area (Å²) < 4.78 is 6.53. The van der Waals surface area contributed by atoms with Gasteiger partial charge in [-0.2, -0.15) is 0 Å². The lowest BCUT2D eigenvalue weighted by molar-refractivity contribution is 0.102. The molecule has 0 saturated carbocycles. The van der Waals surface area contributed by atoms with Gasteiger partial charge in [0, 0.05) is 12.6 Å². The van der Waals surface area contributed by atoms with Gasteiger partial charge < -0.3 is 15.4 Å². The van der Waals surface area contributed by atoms with Crippen molar-refractivity contribution in [1.82, 2.24) is 19.9 Å². The monoisotopic (exact) mass is 340 g/mol. The maximum atomic E-state index is 12.3. The van der Waals surface area contributed by atoms with Crippen LogP contribution >= 0.6 is 0 Å². The zero-order valence-electron chi connectivity index (χ0n) is 13.6. The number of anilines is 2. The number of rotatable bonds is 4. The van der Waals surface area contributed by atoms with Gasteiger partial charge in [-0.25, -0.2) is 14.3 Å². The second kappa shape index (κ2) is 6.87. The molecule has 0 aliphatic carbocycles. The second-order valence-electron chi connectivity index (χ2n) is 5.03. The number of aromatic nitrogens is 3. The fourth-order valence-corrected chi connectivity index (χ4v) is 2.12. The summed E-state index contributed by atoms with van der Waals surface area (Å²) in [6, 6.07) is 9.68. The minimum Gasteiger partial charge on any atom is -0.497 e. The van der Waals surface area contributed by atoms with Crippen molar-refractivity contribution in [3.05, 3.63) is 48.2 Å². The summed E-state index contributed by atoms with van der Waals surface area (Å²) in [5, 5.41) is 12.0. The molecule has 0 fully saturated rings. The topological polar surface area (TPSA) is 110 Å². The van der Waals surface area contributed by atoms with Crippen molar-refractivity contribution in [3.63, 3.8) is 0 Å². The van der Waals surface area contributed by atoms with Crippen LogP contribution in [0.25, 0.3) is 5.65 Å². The van der Waals surface area contributed by atoms with Crippen molar-refractivity contribution < 1.29 is 14.3 Å². The van der Waals surface area contributed by atoms with E-state index >= 15 is 0 Å². The molecule has 3 amide bonds. The van der Waals surface area contributed by atoms with E-state index in [1.807, 2.05) is 0 Å². The SMILES string of the molecule is CNC(=O)Nc1cn2nc(NC(=O)c3ccc(OC)cc3)ccc2n1. The number of hydrogen-bond donors (Lipinski definition) is 3. The van der Waals surface area contributed by atoms with Gasteiger partial charge >= 0.3 is 6.03 Å². The van der Waals surface area contributed by atoms with Crippen molar-refractivity contribution in [2.45, 2.75) is 0 Å². The molecule has 2 aromatic heterocycles. The summed E-state index contributed by atoms with van der Waals surface area (Å²) in [4.78, 5) is 27.8. The predicted octanol–water partition coefficient (Wildman–Crippen LogP) is 1.74.